The second kappa shape index (κ2) is 18.3. The van der Waals surface area contributed by atoms with Crippen LogP contribution in [-0.2, 0) is 23.7 Å². The predicted octanol–water partition coefficient (Wildman–Crippen LogP) is 6.97. The summed E-state index contributed by atoms with van der Waals surface area (Å²) in [6.07, 6.45) is 7.05. The largest absolute Gasteiger partial charge is 0.379 e. The lowest BCUT2D eigenvalue weighted by Gasteiger charge is -2.46. The number of benzene rings is 1. The molecule has 2 rings (SSSR count). The molecule has 4 unspecified atom stereocenters. The van der Waals surface area contributed by atoms with Crippen LogP contribution in [0.2, 0.25) is 5.02 Å². The maximum Gasteiger partial charge on any atom is 0.151 e. The first-order valence-electron chi connectivity index (χ1n) is 13.9. The fourth-order valence-corrected chi connectivity index (χ4v) is 4.42. The van der Waals surface area contributed by atoms with E-state index in [9.17, 15) is 4.79 Å². The summed E-state index contributed by atoms with van der Waals surface area (Å²) in [5.74, 6) is 0. The number of carbonyl (C=O) groups excluding carboxylic acids is 1. The van der Waals surface area contributed by atoms with Crippen molar-refractivity contribution in [1.82, 2.24) is 0 Å². The zero-order chi connectivity index (χ0) is 26.2. The number of unbranched alkanes of at least 4 members (excludes halogenated alkanes) is 4. The van der Waals surface area contributed by atoms with E-state index in [0.29, 0.717) is 43.6 Å². The third kappa shape index (κ3) is 9.70. The van der Waals surface area contributed by atoms with Crippen molar-refractivity contribution in [2.75, 3.05) is 33.0 Å². The van der Waals surface area contributed by atoms with Crippen molar-refractivity contribution in [2.24, 2.45) is 0 Å². The molecule has 0 spiro atoms. The second-order valence-corrected chi connectivity index (χ2v) is 9.90. The molecule has 1 aliphatic rings. The van der Waals surface area contributed by atoms with E-state index in [1.165, 1.54) is 0 Å². The second-order valence-electron chi connectivity index (χ2n) is 9.49. The first-order chi connectivity index (χ1) is 17.6. The Morgan fingerprint density at radius 2 is 1.36 bits per heavy atom. The molecular weight excluding hydrogens is 480 g/mol. The minimum Gasteiger partial charge on any atom is -0.379 e. The normalized spacial score (nSPS) is 24.2. The Labute approximate surface area is 223 Å². The van der Waals surface area contributed by atoms with Crippen molar-refractivity contribution in [3.8, 4) is 0 Å². The molecule has 1 aromatic rings. The van der Waals surface area contributed by atoms with Gasteiger partial charge in [-0.05, 0) is 43.4 Å². The van der Waals surface area contributed by atoms with Gasteiger partial charge in [0.25, 0.3) is 0 Å². The number of rotatable bonds is 19. The van der Waals surface area contributed by atoms with Crippen LogP contribution < -0.4 is 0 Å². The lowest BCUT2D eigenvalue weighted by atomic mass is 9.90. The highest BCUT2D eigenvalue weighted by atomic mass is 35.5. The number of hydrogen-bond donors (Lipinski definition) is 0. The molecule has 36 heavy (non-hydrogen) atoms. The zero-order valence-corrected chi connectivity index (χ0v) is 23.5. The Bertz CT molecular complexity index is 730. The van der Waals surface area contributed by atoms with Gasteiger partial charge in [0.15, 0.2) is 6.29 Å². The van der Waals surface area contributed by atoms with Crippen molar-refractivity contribution >= 4 is 17.9 Å². The number of ether oxygens (including phenoxy) is 5. The highest BCUT2D eigenvalue weighted by Crippen LogP contribution is 2.38. The Kier molecular flexibility index (Phi) is 15.8. The summed E-state index contributed by atoms with van der Waals surface area (Å²) >= 11 is 6.24. The van der Waals surface area contributed by atoms with Gasteiger partial charge in [0, 0.05) is 32.0 Å². The van der Waals surface area contributed by atoms with E-state index in [0.717, 1.165) is 63.2 Å². The summed E-state index contributed by atoms with van der Waals surface area (Å²) in [6.45, 7) is 11.5. The molecule has 1 saturated heterocycles. The number of halogens is 1. The fraction of sp³-hybridized carbons (Fsp3) is 0.759. The highest BCUT2D eigenvalue weighted by molar-refractivity contribution is 6.32. The van der Waals surface area contributed by atoms with Crippen LogP contribution in [0.4, 0.5) is 0 Å². The van der Waals surface area contributed by atoms with Crippen LogP contribution in [0.1, 0.15) is 101 Å². The molecule has 0 aliphatic carbocycles. The highest BCUT2D eigenvalue weighted by Gasteiger charge is 2.48. The van der Waals surface area contributed by atoms with Crippen LogP contribution in [0.25, 0.3) is 0 Å². The van der Waals surface area contributed by atoms with Gasteiger partial charge in [0.05, 0.1) is 11.6 Å². The van der Waals surface area contributed by atoms with E-state index in [-0.39, 0.29) is 24.4 Å². The molecule has 6 nitrogen and oxygen atoms in total. The summed E-state index contributed by atoms with van der Waals surface area (Å²) in [5, 5.41) is 0.420. The van der Waals surface area contributed by atoms with Crippen molar-refractivity contribution < 1.29 is 28.5 Å². The molecule has 1 heterocycles. The van der Waals surface area contributed by atoms with Gasteiger partial charge in [-0.2, -0.15) is 0 Å². The Morgan fingerprint density at radius 1 is 0.806 bits per heavy atom. The standard InChI is InChI=1S/C29H47ClO6/c1-5-9-15-32-21-25-27(33-16-10-6-2)29(35-18-12-8-4)28(34-17-11-7-3)26(36-25)22-13-14-24(30)23(19-22)20-31/h13-14,19-20,25-29H,5-12,15-18,21H2,1-4H3/t25?,26?,27?,28-,29?/m0/s1. The third-order valence-corrected chi connectivity index (χ3v) is 6.80. The van der Waals surface area contributed by atoms with Gasteiger partial charge in [-0.1, -0.05) is 71.0 Å². The Morgan fingerprint density at radius 3 is 1.94 bits per heavy atom. The number of aldehydes is 1. The van der Waals surface area contributed by atoms with E-state index in [4.69, 9.17) is 35.3 Å². The topological polar surface area (TPSA) is 63.2 Å². The van der Waals surface area contributed by atoms with Crippen LogP contribution in [-0.4, -0.2) is 63.7 Å². The van der Waals surface area contributed by atoms with E-state index in [1.807, 2.05) is 6.07 Å². The van der Waals surface area contributed by atoms with Crippen molar-refractivity contribution in [3.63, 3.8) is 0 Å². The zero-order valence-electron chi connectivity index (χ0n) is 22.7. The maximum atomic E-state index is 11.6. The van der Waals surface area contributed by atoms with Gasteiger partial charge < -0.3 is 23.7 Å². The van der Waals surface area contributed by atoms with Crippen LogP contribution in [0.5, 0.6) is 0 Å². The van der Waals surface area contributed by atoms with Crippen LogP contribution in [0.15, 0.2) is 18.2 Å². The molecule has 0 saturated carbocycles. The summed E-state index contributed by atoms with van der Waals surface area (Å²) in [7, 11) is 0. The quantitative estimate of drug-likeness (QED) is 0.143. The fourth-order valence-electron chi connectivity index (χ4n) is 4.26. The lowest BCUT2D eigenvalue weighted by molar-refractivity contribution is -0.268. The molecule has 0 N–H and O–H groups in total. The third-order valence-electron chi connectivity index (χ3n) is 6.46. The van der Waals surface area contributed by atoms with Crippen molar-refractivity contribution in [1.29, 1.82) is 0 Å². The lowest BCUT2D eigenvalue weighted by Crippen LogP contribution is -2.58. The molecule has 0 radical (unpaired) electrons. The van der Waals surface area contributed by atoms with E-state index in [2.05, 4.69) is 27.7 Å². The monoisotopic (exact) mass is 526 g/mol. The van der Waals surface area contributed by atoms with Crippen molar-refractivity contribution in [2.45, 2.75) is 110 Å². The van der Waals surface area contributed by atoms with Crippen LogP contribution >= 0.6 is 11.6 Å². The predicted molar refractivity (Wildman–Crippen MR) is 144 cm³/mol. The van der Waals surface area contributed by atoms with Gasteiger partial charge in [0.1, 0.15) is 30.5 Å². The molecule has 206 valence electrons. The average molecular weight is 527 g/mol. The molecule has 0 amide bonds. The molecule has 0 aromatic heterocycles. The molecule has 1 aliphatic heterocycles. The maximum absolute atomic E-state index is 11.6. The van der Waals surface area contributed by atoms with Gasteiger partial charge >= 0.3 is 0 Å². The van der Waals surface area contributed by atoms with Crippen LogP contribution in [0, 0.1) is 0 Å². The minimum atomic E-state index is -0.435. The van der Waals surface area contributed by atoms with E-state index >= 15 is 0 Å². The van der Waals surface area contributed by atoms with Gasteiger partial charge in [-0.3, -0.25) is 4.79 Å². The van der Waals surface area contributed by atoms with Gasteiger partial charge in [-0.15, -0.1) is 0 Å². The van der Waals surface area contributed by atoms with Crippen molar-refractivity contribution in [3.05, 3.63) is 34.3 Å². The first kappa shape index (κ1) is 31.2. The van der Waals surface area contributed by atoms with Crippen LogP contribution in [0.3, 0.4) is 0 Å². The molecule has 1 aromatic carbocycles. The molecule has 5 atom stereocenters. The molecule has 1 fully saturated rings. The average Bonchev–Trinajstić information content (AvgIpc) is 2.89. The summed E-state index contributed by atoms with van der Waals surface area (Å²) in [6, 6.07) is 5.45. The van der Waals surface area contributed by atoms with E-state index in [1.54, 1.807) is 12.1 Å². The number of hydrogen-bond acceptors (Lipinski definition) is 6. The Hall–Kier alpha value is -1.02. The first-order valence-corrected chi connectivity index (χ1v) is 14.3. The Balaban J connectivity index is 2.43. The smallest absolute Gasteiger partial charge is 0.151 e. The molecular formula is C29H47ClO6. The molecule has 7 heteroatoms. The summed E-state index contributed by atoms with van der Waals surface area (Å²) < 4.78 is 32.2. The minimum absolute atomic E-state index is 0.309. The van der Waals surface area contributed by atoms with Gasteiger partial charge in [0.2, 0.25) is 0 Å². The summed E-state index contributed by atoms with van der Waals surface area (Å²) in [5.41, 5.74) is 1.28. The number of carbonyl (C=O) groups is 1. The SMILES string of the molecule is CCCCOCC1OC(c2ccc(Cl)c(C=O)c2)[C@H](OCCCC)C(OCCCC)C1OCCCC. The van der Waals surface area contributed by atoms with Gasteiger partial charge in [-0.25, -0.2) is 0 Å². The molecule has 0 bridgehead atoms. The summed E-state index contributed by atoms with van der Waals surface area (Å²) in [4.78, 5) is 11.6. The van der Waals surface area contributed by atoms with E-state index < -0.39 is 6.10 Å².